The highest BCUT2D eigenvalue weighted by atomic mass is 32.2. The van der Waals surface area contributed by atoms with Gasteiger partial charge in [-0.05, 0) is 6.42 Å². The third-order valence-electron chi connectivity index (χ3n) is 2.66. The van der Waals surface area contributed by atoms with Gasteiger partial charge in [-0.15, -0.1) is 0 Å². The maximum atomic E-state index is 12.2. The number of nitrogens with zero attached hydrogens (tertiary/aromatic N) is 1. The van der Waals surface area contributed by atoms with Crippen LogP contribution >= 0.6 is 0 Å². The average molecular weight is 289 g/mol. The number of alkyl halides is 3. The van der Waals surface area contributed by atoms with Gasteiger partial charge in [-0.2, -0.15) is 13.2 Å². The molecule has 1 N–H and O–H groups in total. The second kappa shape index (κ2) is 4.41. The number of halogens is 3. The van der Waals surface area contributed by atoms with Crippen molar-refractivity contribution >= 4 is 21.7 Å². The molecule has 2 atom stereocenters. The summed E-state index contributed by atoms with van der Waals surface area (Å²) in [5.74, 6) is -3.99. The minimum absolute atomic E-state index is 0.0497. The summed E-state index contributed by atoms with van der Waals surface area (Å²) in [5, 5.41) is 7.44. The number of sulfone groups is 1. The SMILES string of the molecule is CS(=O)(=O)[C@@H]1C[C@@H](C(=O)O)N(C(=O)C(F)(F)F)C1. The van der Waals surface area contributed by atoms with E-state index in [0.29, 0.717) is 0 Å². The number of carboxylic acids is 1. The Hall–Kier alpha value is -1.32. The van der Waals surface area contributed by atoms with Crippen molar-refractivity contribution in [2.24, 2.45) is 0 Å². The van der Waals surface area contributed by atoms with E-state index in [1.807, 2.05) is 0 Å². The molecule has 0 aromatic rings. The number of hydrogen-bond acceptors (Lipinski definition) is 4. The van der Waals surface area contributed by atoms with Gasteiger partial charge in [0.05, 0.1) is 5.25 Å². The van der Waals surface area contributed by atoms with Crippen molar-refractivity contribution in [2.45, 2.75) is 23.9 Å². The Kier molecular flexibility index (Phi) is 3.61. The van der Waals surface area contributed by atoms with Crippen LogP contribution in [0, 0.1) is 0 Å². The minimum atomic E-state index is -5.22. The number of carbonyl (C=O) groups is 2. The van der Waals surface area contributed by atoms with Crippen LogP contribution in [0.15, 0.2) is 0 Å². The molecule has 1 rings (SSSR count). The number of amides is 1. The van der Waals surface area contributed by atoms with Gasteiger partial charge in [0.2, 0.25) is 0 Å². The molecule has 0 bridgehead atoms. The smallest absolute Gasteiger partial charge is 0.471 e. The zero-order valence-electron chi connectivity index (χ0n) is 9.14. The molecule has 1 amide bonds. The Balaban J connectivity index is 3.04. The second-order valence-electron chi connectivity index (χ2n) is 4.00. The van der Waals surface area contributed by atoms with Gasteiger partial charge in [-0.25, -0.2) is 13.2 Å². The summed E-state index contributed by atoms with van der Waals surface area (Å²) in [6, 6.07) is -1.76. The number of hydrogen-bond donors (Lipinski definition) is 1. The largest absolute Gasteiger partial charge is 0.480 e. The molecule has 0 radical (unpaired) electrons. The van der Waals surface area contributed by atoms with Crippen molar-refractivity contribution in [3.63, 3.8) is 0 Å². The predicted octanol–water partition coefficient (Wildman–Crippen LogP) is -0.353. The standard InChI is InChI=1S/C8H10F3NO5S/c1-18(16,17)4-2-5(6(13)14)12(3-4)7(15)8(9,10)11/h4-5H,2-3H2,1H3,(H,13,14)/t4-,5+/m1/s1. The molecule has 18 heavy (non-hydrogen) atoms. The van der Waals surface area contributed by atoms with Gasteiger partial charge in [0.15, 0.2) is 9.84 Å². The molecule has 0 aliphatic carbocycles. The van der Waals surface area contributed by atoms with E-state index < -0.39 is 52.1 Å². The summed E-state index contributed by atoms with van der Waals surface area (Å²) in [6.45, 7) is -0.756. The maximum Gasteiger partial charge on any atom is 0.471 e. The van der Waals surface area contributed by atoms with Crippen LogP contribution in [0.3, 0.4) is 0 Å². The molecule has 1 aliphatic heterocycles. The lowest BCUT2D eigenvalue weighted by Crippen LogP contribution is -2.47. The van der Waals surface area contributed by atoms with Gasteiger partial charge in [-0.1, -0.05) is 0 Å². The molecule has 1 heterocycles. The van der Waals surface area contributed by atoms with Crippen LogP contribution in [0.4, 0.5) is 13.2 Å². The van der Waals surface area contributed by atoms with Crippen LogP contribution in [0.1, 0.15) is 6.42 Å². The lowest BCUT2D eigenvalue weighted by molar-refractivity contribution is -0.187. The highest BCUT2D eigenvalue weighted by Gasteiger charge is 2.51. The molecule has 10 heteroatoms. The van der Waals surface area contributed by atoms with Crippen LogP contribution in [-0.2, 0) is 19.4 Å². The number of carboxylic acid groups (broad SMARTS) is 1. The van der Waals surface area contributed by atoms with E-state index in [0.717, 1.165) is 6.26 Å². The zero-order valence-corrected chi connectivity index (χ0v) is 9.95. The normalized spacial score (nSPS) is 25.2. The van der Waals surface area contributed by atoms with Crippen molar-refractivity contribution < 1.29 is 36.3 Å². The third kappa shape index (κ3) is 2.92. The van der Waals surface area contributed by atoms with E-state index in [1.54, 1.807) is 0 Å². The zero-order chi connectivity index (χ0) is 14.3. The fraction of sp³-hybridized carbons (Fsp3) is 0.750. The molecule has 0 unspecified atom stereocenters. The van der Waals surface area contributed by atoms with Crippen molar-refractivity contribution in [1.82, 2.24) is 4.90 Å². The van der Waals surface area contributed by atoms with Crippen LogP contribution in [0.2, 0.25) is 0 Å². The first-order valence-electron chi connectivity index (χ1n) is 4.74. The lowest BCUT2D eigenvalue weighted by Gasteiger charge is -2.22. The monoisotopic (exact) mass is 289 g/mol. The summed E-state index contributed by atoms with van der Waals surface area (Å²) in [4.78, 5) is 21.8. The molecule has 6 nitrogen and oxygen atoms in total. The lowest BCUT2D eigenvalue weighted by atomic mass is 10.2. The van der Waals surface area contributed by atoms with Gasteiger partial charge in [-0.3, -0.25) is 4.79 Å². The van der Waals surface area contributed by atoms with Gasteiger partial charge in [0, 0.05) is 12.8 Å². The van der Waals surface area contributed by atoms with Crippen molar-refractivity contribution in [3.8, 4) is 0 Å². The number of likely N-dealkylation sites (tertiary alicyclic amines) is 1. The molecule has 1 saturated heterocycles. The van der Waals surface area contributed by atoms with Gasteiger partial charge >= 0.3 is 18.1 Å². The molecule has 0 spiro atoms. The Bertz CT molecular complexity index is 472. The van der Waals surface area contributed by atoms with E-state index in [9.17, 15) is 31.2 Å². The van der Waals surface area contributed by atoms with E-state index in [4.69, 9.17) is 5.11 Å². The molecule has 104 valence electrons. The van der Waals surface area contributed by atoms with Crippen LogP contribution in [0.5, 0.6) is 0 Å². The Morgan fingerprint density at radius 3 is 2.17 bits per heavy atom. The fourth-order valence-electron chi connectivity index (χ4n) is 1.73. The highest BCUT2D eigenvalue weighted by molar-refractivity contribution is 7.91. The van der Waals surface area contributed by atoms with Crippen molar-refractivity contribution in [2.75, 3.05) is 12.8 Å². The van der Waals surface area contributed by atoms with Crippen LogP contribution < -0.4 is 0 Å². The first kappa shape index (κ1) is 14.7. The molecule has 0 aromatic carbocycles. The number of carbonyl (C=O) groups excluding carboxylic acids is 1. The molecular formula is C8H10F3NO5S. The molecule has 0 aromatic heterocycles. The molecule has 1 aliphatic rings. The Morgan fingerprint density at radius 2 is 1.83 bits per heavy atom. The highest BCUT2D eigenvalue weighted by Crippen LogP contribution is 2.28. The first-order chi connectivity index (χ1) is 7.94. The Labute approximate surface area is 100 Å². The molecular weight excluding hydrogens is 279 g/mol. The minimum Gasteiger partial charge on any atom is -0.480 e. The van der Waals surface area contributed by atoms with Crippen molar-refractivity contribution in [3.05, 3.63) is 0 Å². The fourth-order valence-corrected chi connectivity index (χ4v) is 2.69. The summed E-state index contributed by atoms with van der Waals surface area (Å²) in [5.41, 5.74) is 0. The third-order valence-corrected chi connectivity index (χ3v) is 4.21. The molecule has 0 saturated carbocycles. The van der Waals surface area contributed by atoms with Gasteiger partial charge < -0.3 is 10.0 Å². The van der Waals surface area contributed by atoms with E-state index in [1.165, 1.54) is 0 Å². The predicted molar refractivity (Wildman–Crippen MR) is 52.4 cm³/mol. The van der Waals surface area contributed by atoms with Gasteiger partial charge in [0.1, 0.15) is 6.04 Å². The summed E-state index contributed by atoms with van der Waals surface area (Å²) >= 11 is 0. The number of rotatable bonds is 2. The summed E-state index contributed by atoms with van der Waals surface area (Å²) in [7, 11) is -3.71. The summed E-state index contributed by atoms with van der Waals surface area (Å²) in [6.07, 6.45) is -4.96. The van der Waals surface area contributed by atoms with E-state index in [-0.39, 0.29) is 4.90 Å². The first-order valence-corrected chi connectivity index (χ1v) is 6.69. The number of aliphatic carboxylic acids is 1. The quantitative estimate of drug-likeness (QED) is 0.750. The van der Waals surface area contributed by atoms with E-state index >= 15 is 0 Å². The van der Waals surface area contributed by atoms with Gasteiger partial charge in [0.25, 0.3) is 0 Å². The summed E-state index contributed by atoms with van der Waals surface area (Å²) < 4.78 is 59.1. The van der Waals surface area contributed by atoms with Crippen molar-refractivity contribution in [1.29, 1.82) is 0 Å². The van der Waals surface area contributed by atoms with Crippen LogP contribution in [0.25, 0.3) is 0 Å². The second-order valence-corrected chi connectivity index (χ2v) is 6.32. The average Bonchev–Trinajstić information content (AvgIpc) is 2.58. The Morgan fingerprint density at radius 1 is 1.33 bits per heavy atom. The topological polar surface area (TPSA) is 91.8 Å². The van der Waals surface area contributed by atoms with E-state index in [2.05, 4.69) is 0 Å². The maximum absolute atomic E-state index is 12.2. The molecule has 1 fully saturated rings. The van der Waals surface area contributed by atoms with Crippen LogP contribution in [-0.4, -0.2) is 60.6 Å².